The van der Waals surface area contributed by atoms with Crippen molar-refractivity contribution in [2.45, 2.75) is 6.04 Å². The zero-order valence-corrected chi connectivity index (χ0v) is 19.5. The molecule has 0 aliphatic carbocycles. The van der Waals surface area contributed by atoms with Crippen LogP contribution < -0.4 is 19.6 Å². The molecular weight excluding hydrogens is 454 g/mol. The predicted octanol–water partition coefficient (Wildman–Crippen LogP) is 3.78. The fourth-order valence-corrected chi connectivity index (χ4v) is 4.70. The predicted molar refractivity (Wildman–Crippen MR) is 123 cm³/mol. The molecule has 1 N–H and O–H groups in total. The summed E-state index contributed by atoms with van der Waals surface area (Å²) in [6.45, 7) is 0. The van der Waals surface area contributed by atoms with Gasteiger partial charge in [0, 0.05) is 22.6 Å². The van der Waals surface area contributed by atoms with Crippen LogP contribution >= 0.6 is 11.6 Å². The summed E-state index contributed by atoms with van der Waals surface area (Å²) in [5, 5.41) is 1.02. The minimum Gasteiger partial charge on any atom is -0.497 e. The first-order chi connectivity index (χ1) is 15.2. The van der Waals surface area contributed by atoms with Crippen LogP contribution in [0.4, 0.5) is 0 Å². The molecule has 1 aromatic heterocycles. The van der Waals surface area contributed by atoms with E-state index >= 15 is 0 Å². The summed E-state index contributed by atoms with van der Waals surface area (Å²) in [6.07, 6.45) is 2.92. The van der Waals surface area contributed by atoms with Gasteiger partial charge in [0.05, 0.1) is 44.8 Å². The molecule has 1 atom stereocenters. The van der Waals surface area contributed by atoms with Gasteiger partial charge in [0.25, 0.3) is 0 Å². The van der Waals surface area contributed by atoms with Crippen LogP contribution in [0.5, 0.6) is 17.2 Å². The van der Waals surface area contributed by atoms with Gasteiger partial charge in [-0.05, 0) is 42.5 Å². The third-order valence-corrected chi connectivity index (χ3v) is 6.52. The number of rotatable bonds is 6. The summed E-state index contributed by atoms with van der Waals surface area (Å²) >= 11 is 6.51. The zero-order valence-electron chi connectivity index (χ0n) is 17.9. The zero-order chi connectivity index (χ0) is 23.0. The van der Waals surface area contributed by atoms with E-state index in [-0.39, 0.29) is 5.15 Å². The Balaban J connectivity index is 1.82. The van der Waals surface area contributed by atoms with Gasteiger partial charge < -0.3 is 19.6 Å². The Hall–Kier alpha value is -3.01. The molecule has 2 heterocycles. The smallest absolute Gasteiger partial charge is 0.228 e. The summed E-state index contributed by atoms with van der Waals surface area (Å²) in [6, 6.07) is 11.9. The SMILES string of the molecule is COc1ccc2cc([C@@H]3C=C(c4ccc(OC)c(OC)c4)NN3S(C)(=O)=O)c(Cl)nc2c1. The number of hydrogen-bond donors (Lipinski definition) is 1. The standard InChI is InChI=1S/C22H22ClN3O5S/c1-29-15-7-5-13-9-16(22(23)24-17(13)11-15)19-12-18(25-26(19)32(4,27)28)14-6-8-20(30-2)21(10-14)31-3/h5-12,19,25H,1-4H3/t19-/m0/s1. The molecule has 8 nitrogen and oxygen atoms in total. The Bertz CT molecular complexity index is 1330. The van der Waals surface area contributed by atoms with Crippen molar-refractivity contribution >= 4 is 38.2 Å². The number of nitrogens with zero attached hydrogens (tertiary/aromatic N) is 2. The van der Waals surface area contributed by atoms with E-state index in [1.54, 1.807) is 45.6 Å². The van der Waals surface area contributed by atoms with Crippen molar-refractivity contribution in [3.63, 3.8) is 0 Å². The van der Waals surface area contributed by atoms with E-state index in [1.807, 2.05) is 24.3 Å². The number of fused-ring (bicyclic) bond motifs is 1. The van der Waals surface area contributed by atoms with Crippen LogP contribution in [0.15, 0.2) is 48.5 Å². The van der Waals surface area contributed by atoms with E-state index < -0.39 is 16.1 Å². The van der Waals surface area contributed by atoms with Crippen molar-refractivity contribution in [2.75, 3.05) is 27.6 Å². The van der Waals surface area contributed by atoms with E-state index in [1.165, 1.54) is 0 Å². The lowest BCUT2D eigenvalue weighted by Crippen LogP contribution is -2.38. The molecule has 2 aromatic carbocycles. The van der Waals surface area contributed by atoms with Gasteiger partial charge in [-0.1, -0.05) is 11.6 Å². The average molecular weight is 476 g/mol. The summed E-state index contributed by atoms with van der Waals surface area (Å²) in [4.78, 5) is 4.46. The van der Waals surface area contributed by atoms with Crippen LogP contribution in [0, 0.1) is 0 Å². The highest BCUT2D eigenvalue weighted by molar-refractivity contribution is 7.88. The lowest BCUT2D eigenvalue weighted by molar-refractivity contribution is 0.350. The second-order valence-electron chi connectivity index (χ2n) is 7.19. The van der Waals surface area contributed by atoms with Gasteiger partial charge in [-0.2, -0.15) is 0 Å². The first-order valence-corrected chi connectivity index (χ1v) is 11.8. The number of sulfonamides is 1. The highest BCUT2D eigenvalue weighted by Gasteiger charge is 2.35. The highest BCUT2D eigenvalue weighted by Crippen LogP contribution is 2.39. The number of benzene rings is 2. The van der Waals surface area contributed by atoms with Crippen LogP contribution in [-0.4, -0.2) is 45.4 Å². The monoisotopic (exact) mass is 475 g/mol. The minimum atomic E-state index is -3.64. The van der Waals surface area contributed by atoms with Gasteiger partial charge in [0.2, 0.25) is 10.0 Å². The summed E-state index contributed by atoms with van der Waals surface area (Å²) in [5.74, 6) is 1.76. The number of methoxy groups -OCH3 is 3. The third kappa shape index (κ3) is 4.06. The largest absolute Gasteiger partial charge is 0.497 e. The normalized spacial score (nSPS) is 16.5. The molecular formula is C22H22ClN3O5S. The van der Waals surface area contributed by atoms with E-state index in [9.17, 15) is 8.42 Å². The van der Waals surface area contributed by atoms with Crippen molar-refractivity contribution in [2.24, 2.45) is 0 Å². The fraction of sp³-hybridized carbons (Fsp3) is 0.227. The number of aromatic nitrogens is 1. The summed E-state index contributed by atoms with van der Waals surface area (Å²) in [7, 11) is 1.03. The molecule has 0 fully saturated rings. The molecule has 32 heavy (non-hydrogen) atoms. The molecule has 0 amide bonds. The van der Waals surface area contributed by atoms with E-state index in [0.717, 1.165) is 21.6 Å². The molecule has 0 radical (unpaired) electrons. The maximum Gasteiger partial charge on any atom is 0.228 e. The lowest BCUT2D eigenvalue weighted by atomic mass is 10.0. The van der Waals surface area contributed by atoms with Crippen LogP contribution in [0.2, 0.25) is 5.15 Å². The van der Waals surface area contributed by atoms with Crippen LogP contribution in [0.25, 0.3) is 16.6 Å². The van der Waals surface area contributed by atoms with Crippen LogP contribution in [-0.2, 0) is 10.0 Å². The fourth-order valence-electron chi connectivity index (χ4n) is 3.60. The van der Waals surface area contributed by atoms with Crippen molar-refractivity contribution in [3.8, 4) is 17.2 Å². The summed E-state index contributed by atoms with van der Waals surface area (Å²) < 4.78 is 42.2. The topological polar surface area (TPSA) is 90.0 Å². The van der Waals surface area contributed by atoms with E-state index in [2.05, 4.69) is 10.4 Å². The molecule has 3 aromatic rings. The first kappa shape index (κ1) is 22.2. The minimum absolute atomic E-state index is 0.205. The number of hydrazine groups is 1. The van der Waals surface area contributed by atoms with Crippen LogP contribution in [0.1, 0.15) is 17.2 Å². The summed E-state index contributed by atoms with van der Waals surface area (Å²) in [5.41, 5.74) is 5.51. The first-order valence-electron chi connectivity index (χ1n) is 9.59. The Morgan fingerprint density at radius 3 is 2.41 bits per heavy atom. The number of nitrogens with one attached hydrogen (secondary N) is 1. The highest BCUT2D eigenvalue weighted by atomic mass is 35.5. The number of hydrogen-bond acceptors (Lipinski definition) is 7. The van der Waals surface area contributed by atoms with Gasteiger partial charge in [0.15, 0.2) is 11.5 Å². The maximum atomic E-state index is 12.6. The van der Waals surface area contributed by atoms with Gasteiger partial charge in [0.1, 0.15) is 10.9 Å². The molecule has 4 rings (SSSR count). The van der Waals surface area contributed by atoms with Gasteiger partial charge in [-0.25, -0.2) is 13.4 Å². The average Bonchev–Trinajstić information content (AvgIpc) is 3.23. The van der Waals surface area contributed by atoms with E-state index in [4.69, 9.17) is 25.8 Å². The molecule has 0 spiro atoms. The van der Waals surface area contributed by atoms with Gasteiger partial charge in [-0.3, -0.25) is 0 Å². The molecule has 1 aliphatic heterocycles. The molecule has 0 unspecified atom stereocenters. The van der Waals surface area contributed by atoms with Gasteiger partial charge >= 0.3 is 0 Å². The van der Waals surface area contributed by atoms with E-state index in [0.29, 0.717) is 34.0 Å². The van der Waals surface area contributed by atoms with Crippen molar-refractivity contribution < 1.29 is 22.6 Å². The second kappa shape index (κ2) is 8.50. The molecule has 0 saturated carbocycles. The Morgan fingerprint density at radius 2 is 1.75 bits per heavy atom. The van der Waals surface area contributed by atoms with Crippen molar-refractivity contribution in [1.82, 2.24) is 14.8 Å². The van der Waals surface area contributed by atoms with Crippen molar-refractivity contribution in [3.05, 3.63) is 64.8 Å². The Morgan fingerprint density at radius 1 is 1.00 bits per heavy atom. The number of ether oxygens (including phenoxy) is 3. The molecule has 0 bridgehead atoms. The lowest BCUT2D eigenvalue weighted by Gasteiger charge is -2.23. The van der Waals surface area contributed by atoms with Gasteiger partial charge in [-0.15, -0.1) is 4.41 Å². The Kier molecular flexibility index (Phi) is 5.89. The number of pyridine rings is 1. The van der Waals surface area contributed by atoms with Crippen molar-refractivity contribution in [1.29, 1.82) is 0 Å². The Labute approximate surface area is 191 Å². The molecule has 1 aliphatic rings. The third-order valence-electron chi connectivity index (χ3n) is 5.18. The second-order valence-corrected chi connectivity index (χ2v) is 9.41. The maximum absolute atomic E-state index is 12.6. The molecule has 10 heteroatoms. The number of halogens is 1. The molecule has 168 valence electrons. The quantitative estimate of drug-likeness (QED) is 0.542. The van der Waals surface area contributed by atoms with Crippen LogP contribution in [0.3, 0.4) is 0 Å². The molecule has 0 saturated heterocycles.